The highest BCUT2D eigenvalue weighted by atomic mass is 35.5. The molecule has 0 saturated heterocycles. The van der Waals surface area contributed by atoms with Crippen molar-refractivity contribution in [3.63, 3.8) is 0 Å². The molecule has 3 nitrogen and oxygen atoms in total. The molecule has 92 valence electrons. The molecule has 17 heavy (non-hydrogen) atoms. The lowest BCUT2D eigenvalue weighted by Gasteiger charge is -2.13. The van der Waals surface area contributed by atoms with Crippen molar-refractivity contribution in [2.24, 2.45) is 0 Å². The van der Waals surface area contributed by atoms with E-state index in [1.54, 1.807) is 0 Å². The van der Waals surface area contributed by atoms with Gasteiger partial charge in [-0.1, -0.05) is 17.5 Å². The highest BCUT2D eigenvalue weighted by molar-refractivity contribution is 6.32. The SMILES string of the molecule is C#CCOc1c(Cl)cc(CNC)cc1OCC. The van der Waals surface area contributed by atoms with E-state index >= 15 is 0 Å². The van der Waals surface area contributed by atoms with Crippen molar-refractivity contribution in [2.45, 2.75) is 13.5 Å². The summed E-state index contributed by atoms with van der Waals surface area (Å²) in [7, 11) is 1.87. The van der Waals surface area contributed by atoms with Crippen molar-refractivity contribution in [2.75, 3.05) is 20.3 Å². The standard InChI is InChI=1S/C13H16ClNO2/c1-4-6-17-13-11(14)7-10(9-15-3)8-12(13)16-5-2/h1,7-8,15H,5-6,9H2,2-3H3. The summed E-state index contributed by atoms with van der Waals surface area (Å²) in [6, 6.07) is 3.74. The zero-order chi connectivity index (χ0) is 12.7. The van der Waals surface area contributed by atoms with Gasteiger partial charge in [0, 0.05) is 6.54 Å². The van der Waals surface area contributed by atoms with Gasteiger partial charge in [0.05, 0.1) is 11.6 Å². The molecule has 0 aliphatic carbocycles. The van der Waals surface area contributed by atoms with Gasteiger partial charge in [0.1, 0.15) is 6.61 Å². The van der Waals surface area contributed by atoms with Crippen molar-refractivity contribution in [1.29, 1.82) is 0 Å². The molecule has 1 rings (SSSR count). The first-order chi connectivity index (χ1) is 8.22. The molecule has 4 heteroatoms. The van der Waals surface area contributed by atoms with Crippen LogP contribution in [0.15, 0.2) is 12.1 Å². The molecule has 0 radical (unpaired) electrons. The average molecular weight is 254 g/mol. The molecule has 0 aliphatic rings. The molecule has 0 aromatic heterocycles. The fourth-order valence-electron chi connectivity index (χ4n) is 1.44. The van der Waals surface area contributed by atoms with Gasteiger partial charge in [0.25, 0.3) is 0 Å². The number of hydrogen-bond acceptors (Lipinski definition) is 3. The van der Waals surface area contributed by atoms with Crippen molar-refractivity contribution in [3.8, 4) is 23.8 Å². The summed E-state index contributed by atoms with van der Waals surface area (Å²) in [6.45, 7) is 3.34. The quantitative estimate of drug-likeness (QED) is 0.790. The smallest absolute Gasteiger partial charge is 0.181 e. The Morgan fingerprint density at radius 3 is 2.76 bits per heavy atom. The molecule has 0 bridgehead atoms. The molecule has 0 spiro atoms. The van der Waals surface area contributed by atoms with Crippen molar-refractivity contribution >= 4 is 11.6 Å². The van der Waals surface area contributed by atoms with Gasteiger partial charge in [0.15, 0.2) is 11.5 Å². The van der Waals surface area contributed by atoms with Crippen LogP contribution in [0, 0.1) is 12.3 Å². The minimum atomic E-state index is 0.172. The lowest BCUT2D eigenvalue weighted by molar-refractivity contribution is 0.299. The van der Waals surface area contributed by atoms with E-state index < -0.39 is 0 Å². The maximum atomic E-state index is 6.14. The van der Waals surface area contributed by atoms with Crippen LogP contribution in [0.4, 0.5) is 0 Å². The molecule has 1 aromatic rings. The van der Waals surface area contributed by atoms with Crippen LogP contribution in [0.3, 0.4) is 0 Å². The van der Waals surface area contributed by atoms with Gasteiger partial charge in [-0.15, -0.1) is 6.42 Å². The van der Waals surface area contributed by atoms with Crippen molar-refractivity contribution < 1.29 is 9.47 Å². The van der Waals surface area contributed by atoms with E-state index in [-0.39, 0.29) is 6.61 Å². The van der Waals surface area contributed by atoms with E-state index in [1.807, 2.05) is 26.1 Å². The Kier molecular flexibility index (Phi) is 5.68. The third-order valence-corrected chi connectivity index (χ3v) is 2.33. The molecule has 0 unspecified atom stereocenters. The number of benzene rings is 1. The third-order valence-electron chi connectivity index (χ3n) is 2.05. The van der Waals surface area contributed by atoms with E-state index in [1.165, 1.54) is 0 Å². The van der Waals surface area contributed by atoms with Crippen LogP contribution in [-0.2, 0) is 6.54 Å². The molecule has 0 amide bonds. The Labute approximate surface area is 107 Å². The highest BCUT2D eigenvalue weighted by Crippen LogP contribution is 2.36. The van der Waals surface area contributed by atoms with Crippen LogP contribution in [0.5, 0.6) is 11.5 Å². The number of ether oxygens (including phenoxy) is 2. The highest BCUT2D eigenvalue weighted by Gasteiger charge is 2.11. The van der Waals surface area contributed by atoms with E-state index in [0.29, 0.717) is 23.1 Å². The van der Waals surface area contributed by atoms with Crippen LogP contribution in [0.25, 0.3) is 0 Å². The second-order valence-electron chi connectivity index (χ2n) is 3.36. The molecule has 1 aromatic carbocycles. The predicted octanol–water partition coefficient (Wildman–Crippen LogP) is 2.47. The zero-order valence-electron chi connectivity index (χ0n) is 10.0. The van der Waals surface area contributed by atoms with Gasteiger partial charge < -0.3 is 14.8 Å². The second kappa shape index (κ2) is 7.05. The zero-order valence-corrected chi connectivity index (χ0v) is 10.8. The number of halogens is 1. The summed E-state index contributed by atoms with van der Waals surface area (Å²) in [5, 5.41) is 3.57. The van der Waals surface area contributed by atoms with E-state index in [4.69, 9.17) is 27.5 Å². The van der Waals surface area contributed by atoms with Gasteiger partial charge in [-0.3, -0.25) is 0 Å². The number of terminal acetylenes is 1. The minimum absolute atomic E-state index is 0.172. The molecule has 0 fully saturated rings. The first kappa shape index (κ1) is 13.7. The summed E-state index contributed by atoms with van der Waals surface area (Å²) in [5.41, 5.74) is 1.04. The van der Waals surface area contributed by atoms with Gasteiger partial charge in [-0.25, -0.2) is 0 Å². The first-order valence-corrected chi connectivity index (χ1v) is 5.76. The van der Waals surface area contributed by atoms with E-state index in [0.717, 1.165) is 12.1 Å². The largest absolute Gasteiger partial charge is 0.490 e. The molecular weight excluding hydrogens is 238 g/mol. The first-order valence-electron chi connectivity index (χ1n) is 5.39. The fourth-order valence-corrected chi connectivity index (χ4v) is 1.73. The summed E-state index contributed by atoms with van der Waals surface area (Å²) in [6.07, 6.45) is 5.16. The predicted molar refractivity (Wildman–Crippen MR) is 69.7 cm³/mol. The van der Waals surface area contributed by atoms with Crippen LogP contribution < -0.4 is 14.8 Å². The minimum Gasteiger partial charge on any atom is -0.490 e. The molecule has 1 N–H and O–H groups in total. The molecule has 0 atom stereocenters. The van der Waals surface area contributed by atoms with Gasteiger partial charge >= 0.3 is 0 Å². The van der Waals surface area contributed by atoms with E-state index in [9.17, 15) is 0 Å². The Hall–Kier alpha value is -1.37. The molecule has 0 heterocycles. The average Bonchev–Trinajstić information content (AvgIpc) is 2.29. The molecule has 0 aliphatic heterocycles. The lowest BCUT2D eigenvalue weighted by atomic mass is 10.2. The monoisotopic (exact) mass is 253 g/mol. The summed E-state index contributed by atoms with van der Waals surface area (Å²) >= 11 is 6.14. The van der Waals surface area contributed by atoms with Crippen molar-refractivity contribution in [1.82, 2.24) is 5.32 Å². The summed E-state index contributed by atoms with van der Waals surface area (Å²) in [5.74, 6) is 3.54. The number of nitrogens with one attached hydrogen (secondary N) is 1. The van der Waals surface area contributed by atoms with E-state index in [2.05, 4.69) is 11.2 Å². The summed E-state index contributed by atoms with van der Waals surface area (Å²) < 4.78 is 10.9. The normalized spacial score (nSPS) is 9.76. The Balaban J connectivity index is 3.04. The van der Waals surface area contributed by atoms with Crippen LogP contribution in [0.2, 0.25) is 5.02 Å². The van der Waals surface area contributed by atoms with Crippen LogP contribution in [0.1, 0.15) is 12.5 Å². The summed E-state index contributed by atoms with van der Waals surface area (Å²) in [4.78, 5) is 0. The molecular formula is C13H16ClNO2. The van der Waals surface area contributed by atoms with Gasteiger partial charge in [-0.2, -0.15) is 0 Å². The van der Waals surface area contributed by atoms with Gasteiger partial charge in [-0.05, 0) is 31.7 Å². The Morgan fingerprint density at radius 1 is 1.41 bits per heavy atom. The van der Waals surface area contributed by atoms with Crippen molar-refractivity contribution in [3.05, 3.63) is 22.7 Å². The maximum Gasteiger partial charge on any atom is 0.181 e. The molecule has 0 saturated carbocycles. The Morgan fingerprint density at radius 2 is 2.18 bits per heavy atom. The van der Waals surface area contributed by atoms with Crippen LogP contribution >= 0.6 is 11.6 Å². The third kappa shape index (κ3) is 3.85. The second-order valence-corrected chi connectivity index (χ2v) is 3.77. The Bertz CT molecular complexity index is 413. The number of rotatable bonds is 6. The fraction of sp³-hybridized carbons (Fsp3) is 0.385. The van der Waals surface area contributed by atoms with Gasteiger partial charge in [0.2, 0.25) is 0 Å². The lowest BCUT2D eigenvalue weighted by Crippen LogP contribution is -2.06. The number of hydrogen-bond donors (Lipinski definition) is 1. The topological polar surface area (TPSA) is 30.5 Å². The van der Waals surface area contributed by atoms with Crippen LogP contribution in [-0.4, -0.2) is 20.3 Å². The maximum absolute atomic E-state index is 6.14.